The molecule has 258 valence electrons. The Kier molecular flexibility index (Phi) is 5.95. The highest BCUT2D eigenvalue weighted by atomic mass is 14.4. The Hall–Kier alpha value is -7.26. The number of hydrogen-bond donors (Lipinski definition) is 0. The number of aryl methyl sites for hydroxylation is 4. The van der Waals surface area contributed by atoms with Gasteiger partial charge >= 0.3 is 0 Å². The van der Waals surface area contributed by atoms with E-state index in [0.717, 1.165) is 11.1 Å². The molecule has 2 aliphatic rings. The molecule has 0 radical (unpaired) electrons. The third-order valence-electron chi connectivity index (χ3n) is 12.6. The predicted molar refractivity (Wildman–Crippen MR) is 233 cm³/mol. The highest BCUT2D eigenvalue weighted by molar-refractivity contribution is 6.40. The first-order valence-corrected chi connectivity index (χ1v) is 19.3. The number of nitrogens with zero attached hydrogens (tertiary/aromatic N) is 2. The van der Waals surface area contributed by atoms with Gasteiger partial charge in [0.25, 0.3) is 0 Å². The summed E-state index contributed by atoms with van der Waals surface area (Å²) < 4.78 is 0. The van der Waals surface area contributed by atoms with Gasteiger partial charge in [0.1, 0.15) is 0 Å². The van der Waals surface area contributed by atoms with Gasteiger partial charge in [-0.2, -0.15) is 10.5 Å². The first kappa shape index (κ1) is 31.1. The zero-order valence-electron chi connectivity index (χ0n) is 31.4. The molecule has 0 spiro atoms. The minimum absolute atomic E-state index is 0.654. The van der Waals surface area contributed by atoms with Gasteiger partial charge < -0.3 is 0 Å². The van der Waals surface area contributed by atoms with Crippen LogP contribution in [-0.2, 0) is 0 Å². The Morgan fingerprint density at radius 3 is 0.946 bits per heavy atom. The van der Waals surface area contributed by atoms with Crippen LogP contribution in [0, 0.1) is 50.4 Å². The Labute approximate surface area is 324 Å². The molecular formula is C54H32N2. The van der Waals surface area contributed by atoms with Crippen LogP contribution in [0.15, 0.2) is 121 Å². The second-order valence-corrected chi connectivity index (χ2v) is 16.1. The molecule has 0 aliphatic heterocycles. The van der Waals surface area contributed by atoms with Crippen molar-refractivity contribution in [3.8, 4) is 78.9 Å². The summed E-state index contributed by atoms with van der Waals surface area (Å²) in [7, 11) is 0. The second kappa shape index (κ2) is 10.7. The van der Waals surface area contributed by atoms with E-state index in [0.29, 0.717) is 11.1 Å². The van der Waals surface area contributed by atoms with E-state index in [1.165, 1.54) is 132 Å². The molecule has 56 heavy (non-hydrogen) atoms. The summed E-state index contributed by atoms with van der Waals surface area (Å²) in [5.74, 6) is 0. The molecule has 2 heteroatoms. The monoisotopic (exact) mass is 708 g/mol. The fourth-order valence-electron chi connectivity index (χ4n) is 10.7. The second-order valence-electron chi connectivity index (χ2n) is 16.1. The number of benzene rings is 10. The molecule has 0 unspecified atom stereocenters. The average molecular weight is 709 g/mol. The summed E-state index contributed by atoms with van der Waals surface area (Å²) in [5, 5.41) is 32.3. The quantitative estimate of drug-likeness (QED) is 0.168. The molecule has 0 saturated carbocycles. The van der Waals surface area contributed by atoms with Gasteiger partial charge in [-0.15, -0.1) is 0 Å². The molecule has 0 bridgehead atoms. The highest BCUT2D eigenvalue weighted by Crippen LogP contribution is 2.61. The molecule has 2 aliphatic carbocycles. The van der Waals surface area contributed by atoms with Crippen molar-refractivity contribution in [3.05, 3.63) is 155 Å². The van der Waals surface area contributed by atoms with Crippen LogP contribution in [0.3, 0.4) is 0 Å². The topological polar surface area (TPSA) is 47.6 Å². The van der Waals surface area contributed by atoms with Crippen molar-refractivity contribution in [1.29, 1.82) is 10.5 Å². The Bertz CT molecular complexity index is 3300. The maximum absolute atomic E-state index is 9.80. The van der Waals surface area contributed by atoms with Crippen molar-refractivity contribution in [3.63, 3.8) is 0 Å². The summed E-state index contributed by atoms with van der Waals surface area (Å²) in [6.07, 6.45) is 0. The van der Waals surface area contributed by atoms with Crippen LogP contribution in [0.1, 0.15) is 33.4 Å². The highest BCUT2D eigenvalue weighted by Gasteiger charge is 2.34. The van der Waals surface area contributed by atoms with Crippen LogP contribution in [0.25, 0.3) is 121 Å². The van der Waals surface area contributed by atoms with Crippen molar-refractivity contribution in [2.45, 2.75) is 27.7 Å². The molecule has 10 aromatic rings. The van der Waals surface area contributed by atoms with Crippen molar-refractivity contribution in [1.82, 2.24) is 0 Å². The number of fused-ring (bicyclic) bond motifs is 8. The van der Waals surface area contributed by atoms with E-state index < -0.39 is 0 Å². The van der Waals surface area contributed by atoms with Gasteiger partial charge in [0.15, 0.2) is 0 Å². The van der Waals surface area contributed by atoms with Gasteiger partial charge in [0, 0.05) is 0 Å². The molecule has 2 nitrogen and oxygen atoms in total. The molecule has 0 fully saturated rings. The predicted octanol–water partition coefficient (Wildman–Crippen LogP) is 14.5. The third kappa shape index (κ3) is 3.88. The Morgan fingerprint density at radius 2 is 0.625 bits per heavy atom. The summed E-state index contributed by atoms with van der Waals surface area (Å²) in [6, 6.07) is 49.4. The van der Waals surface area contributed by atoms with Crippen molar-refractivity contribution in [2.75, 3.05) is 0 Å². The Balaban J connectivity index is 1.34. The van der Waals surface area contributed by atoms with Crippen molar-refractivity contribution >= 4 is 53.9 Å². The fourth-order valence-corrected chi connectivity index (χ4v) is 10.7. The smallest absolute Gasteiger partial charge is 0.0991 e. The Morgan fingerprint density at radius 1 is 0.321 bits per heavy atom. The molecular weight excluding hydrogens is 677 g/mol. The standard InChI is InChI=1S/C54H32N2/c1-27-17-35-19-29(3)23-43-45(35)41(21-27)51-39-15-13-38-48(34-11-7-32(26-56)8-12-34)54-44-24-30(4)20-36-18-28(2)22-42(46(36)44)52(54)40-16-14-37(49(39)50(38)40)47(53(43)51)33-9-5-31(25-55)6-10-33/h5-24H,1-4H3. The summed E-state index contributed by atoms with van der Waals surface area (Å²) >= 11 is 0. The first-order chi connectivity index (χ1) is 27.3. The summed E-state index contributed by atoms with van der Waals surface area (Å²) in [5.41, 5.74) is 21.2. The van der Waals surface area contributed by atoms with Gasteiger partial charge in [0.05, 0.1) is 23.3 Å². The van der Waals surface area contributed by atoms with Gasteiger partial charge in [0.2, 0.25) is 0 Å². The van der Waals surface area contributed by atoms with E-state index in [9.17, 15) is 10.5 Å². The van der Waals surface area contributed by atoms with Crippen LogP contribution in [-0.4, -0.2) is 0 Å². The van der Waals surface area contributed by atoms with E-state index in [1.54, 1.807) is 0 Å². The minimum atomic E-state index is 0.654. The molecule has 0 atom stereocenters. The van der Waals surface area contributed by atoms with Crippen LogP contribution in [0.2, 0.25) is 0 Å². The van der Waals surface area contributed by atoms with E-state index in [4.69, 9.17) is 0 Å². The molecule has 0 saturated heterocycles. The lowest BCUT2D eigenvalue weighted by Crippen LogP contribution is -1.96. The molecule has 12 rings (SSSR count). The largest absolute Gasteiger partial charge is 0.192 e. The van der Waals surface area contributed by atoms with Crippen molar-refractivity contribution < 1.29 is 0 Å². The van der Waals surface area contributed by atoms with E-state index in [-0.39, 0.29) is 0 Å². The molecule has 0 aromatic heterocycles. The lowest BCUT2D eigenvalue weighted by molar-refractivity contribution is 1.48. The minimum Gasteiger partial charge on any atom is -0.192 e. The lowest BCUT2D eigenvalue weighted by Gasteiger charge is -2.24. The lowest BCUT2D eigenvalue weighted by atomic mass is 9.79. The van der Waals surface area contributed by atoms with E-state index in [1.807, 2.05) is 24.3 Å². The number of hydrogen-bond acceptors (Lipinski definition) is 2. The zero-order chi connectivity index (χ0) is 37.7. The number of rotatable bonds is 2. The van der Waals surface area contributed by atoms with Crippen molar-refractivity contribution in [2.24, 2.45) is 0 Å². The average Bonchev–Trinajstić information content (AvgIpc) is 3.69. The van der Waals surface area contributed by atoms with Gasteiger partial charge in [-0.25, -0.2) is 0 Å². The van der Waals surface area contributed by atoms with Crippen LogP contribution < -0.4 is 0 Å². The normalized spacial score (nSPS) is 12.2. The number of nitriles is 2. The molecule has 10 aromatic carbocycles. The molecule has 0 heterocycles. The van der Waals surface area contributed by atoms with Gasteiger partial charge in [-0.3, -0.25) is 0 Å². The van der Waals surface area contributed by atoms with Gasteiger partial charge in [-0.05, 0) is 195 Å². The van der Waals surface area contributed by atoms with Crippen LogP contribution >= 0.6 is 0 Å². The summed E-state index contributed by atoms with van der Waals surface area (Å²) in [6.45, 7) is 8.83. The van der Waals surface area contributed by atoms with Crippen LogP contribution in [0.5, 0.6) is 0 Å². The molecule has 0 amide bonds. The van der Waals surface area contributed by atoms with E-state index >= 15 is 0 Å². The summed E-state index contributed by atoms with van der Waals surface area (Å²) in [4.78, 5) is 0. The van der Waals surface area contributed by atoms with Gasteiger partial charge in [-0.1, -0.05) is 97.1 Å². The SMILES string of the molecule is Cc1cc2c3c(cc(C)cc3c1)-c1c-2c(-c2ccc(C#N)cc2)c2ccc3c4c(c(-c5ccc(C#N)cc5)c5ccc1c2c53)-c1cc(C)cc2cc(C)cc-4c12. The maximum atomic E-state index is 9.80. The van der Waals surface area contributed by atoms with Crippen LogP contribution in [0.4, 0.5) is 0 Å². The van der Waals surface area contributed by atoms with E-state index in [2.05, 4.69) is 137 Å². The first-order valence-electron chi connectivity index (χ1n) is 19.3. The zero-order valence-corrected chi connectivity index (χ0v) is 31.4. The molecule has 0 N–H and O–H groups in total. The third-order valence-corrected chi connectivity index (χ3v) is 12.6. The fraction of sp³-hybridized carbons (Fsp3) is 0.0741. The maximum Gasteiger partial charge on any atom is 0.0991 e.